The lowest BCUT2D eigenvalue weighted by Gasteiger charge is -2.23. The fourth-order valence-electron chi connectivity index (χ4n) is 2.91. The minimum absolute atomic E-state index is 0.0140. The van der Waals surface area contributed by atoms with Crippen LogP contribution in [-0.2, 0) is 6.73 Å². The molecule has 0 spiro atoms. The van der Waals surface area contributed by atoms with Crippen LogP contribution >= 0.6 is 0 Å². The number of ether oxygens (including phenoxy) is 1. The maximum Gasteiger partial charge on any atom is 0.261 e. The average Bonchev–Trinajstić information content (AvgIpc) is 2.49. The van der Waals surface area contributed by atoms with Crippen LogP contribution in [0.1, 0.15) is 11.1 Å². The zero-order chi connectivity index (χ0) is 14.6. The Bertz CT molecular complexity index is 938. The Morgan fingerprint density at radius 3 is 2.67 bits per heavy atom. The van der Waals surface area contributed by atoms with Gasteiger partial charge in [0.2, 0.25) is 0 Å². The van der Waals surface area contributed by atoms with E-state index in [1.54, 1.807) is 4.57 Å². The molecule has 0 saturated carbocycles. The van der Waals surface area contributed by atoms with Gasteiger partial charge in [-0.2, -0.15) is 0 Å². The van der Waals surface area contributed by atoms with Gasteiger partial charge in [0, 0.05) is 10.9 Å². The Morgan fingerprint density at radius 2 is 1.81 bits per heavy atom. The summed E-state index contributed by atoms with van der Waals surface area (Å²) in [5, 5.41) is 1.75. The molecule has 2 aromatic carbocycles. The zero-order valence-electron chi connectivity index (χ0n) is 12.0. The summed E-state index contributed by atoms with van der Waals surface area (Å²) in [4.78, 5) is 12.7. The van der Waals surface area contributed by atoms with Gasteiger partial charge >= 0.3 is 0 Å². The van der Waals surface area contributed by atoms with Gasteiger partial charge in [0.1, 0.15) is 5.75 Å². The maximum absolute atomic E-state index is 12.7. The van der Waals surface area contributed by atoms with E-state index in [1.807, 2.05) is 37.3 Å². The molecule has 0 amide bonds. The minimum Gasteiger partial charge on any atom is -0.472 e. The van der Waals surface area contributed by atoms with Crippen molar-refractivity contribution in [2.45, 2.75) is 20.6 Å². The molecule has 0 atom stereocenters. The molecule has 21 heavy (non-hydrogen) atoms. The molecule has 1 aliphatic rings. The lowest BCUT2D eigenvalue weighted by molar-refractivity contribution is 0.226. The average molecular weight is 277 g/mol. The normalized spacial score (nSPS) is 12.7. The first kappa shape index (κ1) is 12.2. The SMILES string of the molecule is Cc1cc2cc3n(c(=O)c2cc1C)COc1ccccc1-3. The van der Waals surface area contributed by atoms with Crippen molar-refractivity contribution >= 4 is 10.8 Å². The first-order valence-electron chi connectivity index (χ1n) is 7.02. The minimum atomic E-state index is 0.0140. The molecule has 3 aromatic rings. The molecule has 1 aromatic heterocycles. The van der Waals surface area contributed by atoms with Gasteiger partial charge < -0.3 is 4.74 Å². The summed E-state index contributed by atoms with van der Waals surface area (Å²) in [5.74, 6) is 0.833. The fraction of sp³-hybridized carbons (Fsp3) is 0.167. The Morgan fingerprint density at radius 1 is 1.05 bits per heavy atom. The molecule has 0 unspecified atom stereocenters. The monoisotopic (exact) mass is 277 g/mol. The lowest BCUT2D eigenvalue weighted by atomic mass is 10.0. The molecule has 0 aliphatic carbocycles. The quantitative estimate of drug-likeness (QED) is 0.628. The highest BCUT2D eigenvalue weighted by Gasteiger charge is 2.19. The number of para-hydroxylation sites is 1. The van der Waals surface area contributed by atoms with Gasteiger partial charge in [-0.1, -0.05) is 18.2 Å². The summed E-state index contributed by atoms with van der Waals surface area (Å²) in [6.45, 7) is 4.38. The van der Waals surface area contributed by atoms with Crippen molar-refractivity contribution in [3.63, 3.8) is 0 Å². The van der Waals surface area contributed by atoms with E-state index in [4.69, 9.17) is 4.74 Å². The van der Waals surface area contributed by atoms with Crippen molar-refractivity contribution in [3.8, 4) is 17.0 Å². The van der Waals surface area contributed by atoms with E-state index in [1.165, 1.54) is 5.56 Å². The molecule has 0 fully saturated rings. The molecule has 0 N–H and O–H groups in total. The molecule has 1 aliphatic heterocycles. The van der Waals surface area contributed by atoms with Crippen LogP contribution in [0, 0.1) is 13.8 Å². The van der Waals surface area contributed by atoms with Crippen LogP contribution in [0.4, 0.5) is 0 Å². The maximum atomic E-state index is 12.7. The van der Waals surface area contributed by atoms with Gasteiger partial charge in [0.15, 0.2) is 6.73 Å². The standard InChI is InChI=1S/C18H15NO2/c1-11-7-13-9-16-14-5-3-4-6-17(14)21-10-19(16)18(20)15(13)8-12(11)2/h3-9H,10H2,1-2H3. The lowest BCUT2D eigenvalue weighted by Crippen LogP contribution is -2.27. The van der Waals surface area contributed by atoms with Crippen LogP contribution in [0.25, 0.3) is 22.0 Å². The van der Waals surface area contributed by atoms with Gasteiger partial charge in [0.25, 0.3) is 5.56 Å². The second-order valence-electron chi connectivity index (χ2n) is 5.56. The van der Waals surface area contributed by atoms with Crippen molar-refractivity contribution in [3.05, 3.63) is 63.9 Å². The number of aromatic nitrogens is 1. The summed E-state index contributed by atoms with van der Waals surface area (Å²) < 4.78 is 7.40. The van der Waals surface area contributed by atoms with E-state index in [2.05, 4.69) is 19.1 Å². The Balaban J connectivity index is 2.13. The van der Waals surface area contributed by atoms with Crippen LogP contribution in [0.2, 0.25) is 0 Å². The zero-order valence-corrected chi connectivity index (χ0v) is 12.0. The van der Waals surface area contributed by atoms with E-state index >= 15 is 0 Å². The third-order valence-corrected chi connectivity index (χ3v) is 4.24. The number of fused-ring (bicyclic) bond motifs is 4. The topological polar surface area (TPSA) is 31.2 Å². The van der Waals surface area contributed by atoms with Crippen LogP contribution in [0.3, 0.4) is 0 Å². The van der Waals surface area contributed by atoms with E-state index in [0.29, 0.717) is 0 Å². The largest absolute Gasteiger partial charge is 0.472 e. The number of pyridine rings is 1. The highest BCUT2D eigenvalue weighted by Crippen LogP contribution is 2.34. The highest BCUT2D eigenvalue weighted by molar-refractivity contribution is 5.87. The van der Waals surface area contributed by atoms with Gasteiger partial charge in [-0.15, -0.1) is 0 Å². The first-order valence-corrected chi connectivity index (χ1v) is 7.02. The summed E-state index contributed by atoms with van der Waals surface area (Å²) in [5.41, 5.74) is 4.25. The smallest absolute Gasteiger partial charge is 0.261 e. The second-order valence-corrected chi connectivity index (χ2v) is 5.56. The van der Waals surface area contributed by atoms with Crippen molar-refractivity contribution in [2.24, 2.45) is 0 Å². The third kappa shape index (κ3) is 1.70. The van der Waals surface area contributed by atoms with Gasteiger partial charge in [-0.25, -0.2) is 0 Å². The van der Waals surface area contributed by atoms with Gasteiger partial charge in [-0.05, 0) is 54.6 Å². The van der Waals surface area contributed by atoms with Crippen LogP contribution in [-0.4, -0.2) is 4.57 Å². The Hall–Kier alpha value is -2.55. The first-order chi connectivity index (χ1) is 10.1. The van der Waals surface area contributed by atoms with E-state index < -0.39 is 0 Å². The van der Waals surface area contributed by atoms with Crippen molar-refractivity contribution in [1.29, 1.82) is 0 Å². The number of aryl methyl sites for hydroxylation is 2. The summed E-state index contributed by atoms with van der Waals surface area (Å²) in [7, 11) is 0. The van der Waals surface area contributed by atoms with Crippen molar-refractivity contribution in [1.82, 2.24) is 4.57 Å². The van der Waals surface area contributed by atoms with Crippen LogP contribution < -0.4 is 10.3 Å². The van der Waals surface area contributed by atoms with Gasteiger partial charge in [-0.3, -0.25) is 9.36 Å². The molecule has 0 saturated heterocycles. The molecule has 0 radical (unpaired) electrons. The number of rotatable bonds is 0. The van der Waals surface area contributed by atoms with E-state index in [0.717, 1.165) is 33.3 Å². The molecule has 3 heteroatoms. The molecule has 0 bridgehead atoms. The van der Waals surface area contributed by atoms with Crippen LogP contribution in [0.5, 0.6) is 5.75 Å². The summed E-state index contributed by atoms with van der Waals surface area (Å²) in [6, 6.07) is 14.0. The number of hydrogen-bond acceptors (Lipinski definition) is 2. The predicted molar refractivity (Wildman–Crippen MR) is 83.7 cm³/mol. The third-order valence-electron chi connectivity index (χ3n) is 4.24. The van der Waals surface area contributed by atoms with Crippen molar-refractivity contribution < 1.29 is 4.74 Å². The summed E-state index contributed by atoms with van der Waals surface area (Å²) >= 11 is 0. The summed E-state index contributed by atoms with van der Waals surface area (Å²) in [6.07, 6.45) is 0. The predicted octanol–water partition coefficient (Wildman–Crippen LogP) is 3.64. The van der Waals surface area contributed by atoms with Gasteiger partial charge in [0.05, 0.1) is 5.69 Å². The second kappa shape index (κ2) is 4.22. The Kier molecular flexibility index (Phi) is 2.45. The van der Waals surface area contributed by atoms with Crippen molar-refractivity contribution in [2.75, 3.05) is 0 Å². The van der Waals surface area contributed by atoms with Crippen LogP contribution in [0.15, 0.2) is 47.3 Å². The number of hydrogen-bond donors (Lipinski definition) is 0. The molecule has 3 nitrogen and oxygen atoms in total. The highest BCUT2D eigenvalue weighted by atomic mass is 16.5. The number of nitrogens with zero attached hydrogens (tertiary/aromatic N) is 1. The molecular weight excluding hydrogens is 262 g/mol. The molecule has 4 rings (SSSR count). The molecule has 2 heterocycles. The van der Waals surface area contributed by atoms with E-state index in [-0.39, 0.29) is 12.3 Å². The molecule has 104 valence electrons. The van der Waals surface area contributed by atoms with E-state index in [9.17, 15) is 4.79 Å². The number of benzene rings is 2. The Labute approximate surface area is 122 Å². The molecular formula is C18H15NO2. The fourth-order valence-corrected chi connectivity index (χ4v) is 2.91.